The summed E-state index contributed by atoms with van der Waals surface area (Å²) in [4.78, 5) is 7.35. The Labute approximate surface area is 284 Å². The molecule has 0 atom stereocenters. The van der Waals surface area contributed by atoms with Gasteiger partial charge in [-0.15, -0.1) is 0 Å². The molecule has 1 aromatic heterocycles. The van der Waals surface area contributed by atoms with Crippen LogP contribution in [0.25, 0.3) is 66.4 Å². The van der Waals surface area contributed by atoms with E-state index in [1.807, 2.05) is 30.3 Å². The third-order valence-electron chi connectivity index (χ3n) is 9.87. The molecule has 0 N–H and O–H groups in total. The smallest absolute Gasteiger partial charge is 0.227 e. The van der Waals surface area contributed by atoms with Crippen LogP contribution in [-0.2, 0) is 6.42 Å². The summed E-state index contributed by atoms with van der Waals surface area (Å²) in [5, 5.41) is 4.49. The maximum absolute atomic E-state index is 6.58. The van der Waals surface area contributed by atoms with Crippen molar-refractivity contribution >= 4 is 49.7 Å². The number of hydrogen-bond donors (Lipinski definition) is 0. The van der Waals surface area contributed by atoms with Crippen molar-refractivity contribution < 1.29 is 4.42 Å². The van der Waals surface area contributed by atoms with Crippen molar-refractivity contribution in [2.24, 2.45) is 0 Å². The minimum Gasteiger partial charge on any atom is -0.435 e. The molecule has 3 nitrogen and oxygen atoms in total. The zero-order chi connectivity index (χ0) is 32.3. The van der Waals surface area contributed by atoms with E-state index in [9.17, 15) is 0 Å². The molecule has 0 aliphatic heterocycles. The third-order valence-corrected chi connectivity index (χ3v) is 9.87. The number of hydrogen-bond acceptors (Lipinski definition) is 3. The summed E-state index contributed by atoms with van der Waals surface area (Å²) in [6.07, 6.45) is 0.937. The van der Waals surface area contributed by atoms with Crippen molar-refractivity contribution in [3.8, 4) is 33.7 Å². The molecule has 0 saturated heterocycles. The zero-order valence-electron chi connectivity index (χ0n) is 26.7. The summed E-state index contributed by atoms with van der Waals surface area (Å²) in [7, 11) is 0. The molecular weight excluding hydrogens is 597 g/mol. The first-order valence-corrected chi connectivity index (χ1v) is 16.8. The van der Waals surface area contributed by atoms with Crippen LogP contribution >= 0.6 is 0 Å². The van der Waals surface area contributed by atoms with Crippen molar-refractivity contribution in [3.63, 3.8) is 0 Å². The summed E-state index contributed by atoms with van der Waals surface area (Å²) in [6.45, 7) is 0. The second kappa shape index (κ2) is 11.1. The van der Waals surface area contributed by atoms with Gasteiger partial charge < -0.3 is 9.32 Å². The Hall–Kier alpha value is -6.45. The Balaban J connectivity index is 1.23. The molecule has 0 spiro atoms. The van der Waals surface area contributed by atoms with Gasteiger partial charge in [-0.25, -0.2) is 4.98 Å². The highest BCUT2D eigenvalue weighted by molar-refractivity contribution is 6.18. The van der Waals surface area contributed by atoms with Gasteiger partial charge >= 0.3 is 0 Å². The Kier molecular flexibility index (Phi) is 6.25. The van der Waals surface area contributed by atoms with E-state index in [0.29, 0.717) is 5.89 Å². The number of benzene rings is 8. The fourth-order valence-corrected chi connectivity index (χ4v) is 7.59. The molecule has 0 amide bonds. The predicted molar refractivity (Wildman–Crippen MR) is 203 cm³/mol. The lowest BCUT2D eigenvalue weighted by Crippen LogP contribution is -2.11. The van der Waals surface area contributed by atoms with Crippen LogP contribution in [0.2, 0.25) is 0 Å². The van der Waals surface area contributed by atoms with Crippen LogP contribution in [0.1, 0.15) is 11.1 Å². The lowest BCUT2D eigenvalue weighted by molar-refractivity contribution is 0.623. The van der Waals surface area contributed by atoms with Crippen LogP contribution in [0.3, 0.4) is 0 Å². The van der Waals surface area contributed by atoms with Crippen LogP contribution in [0, 0.1) is 0 Å². The Morgan fingerprint density at radius 2 is 1.18 bits per heavy atom. The molecule has 9 aromatic rings. The molecule has 0 bridgehead atoms. The number of oxazole rings is 1. The van der Waals surface area contributed by atoms with Gasteiger partial charge in [-0.05, 0) is 98.9 Å². The molecule has 1 heterocycles. The first-order chi connectivity index (χ1) is 24.3. The number of aromatic nitrogens is 1. The summed E-state index contributed by atoms with van der Waals surface area (Å²) in [5.74, 6) is 0.633. The van der Waals surface area contributed by atoms with Gasteiger partial charge in [-0.2, -0.15) is 0 Å². The van der Waals surface area contributed by atoms with Crippen LogP contribution in [0.4, 0.5) is 17.1 Å². The average Bonchev–Trinajstić information content (AvgIpc) is 3.78. The van der Waals surface area contributed by atoms with E-state index in [0.717, 1.165) is 56.0 Å². The van der Waals surface area contributed by atoms with E-state index < -0.39 is 0 Å². The molecule has 10 rings (SSSR count). The normalized spacial score (nSPS) is 12.0. The summed E-state index contributed by atoms with van der Waals surface area (Å²) >= 11 is 0. The Morgan fingerprint density at radius 3 is 2.06 bits per heavy atom. The highest BCUT2D eigenvalue weighted by atomic mass is 16.3. The van der Waals surface area contributed by atoms with Gasteiger partial charge in [-0.1, -0.05) is 121 Å². The van der Waals surface area contributed by atoms with Gasteiger partial charge in [0.2, 0.25) is 5.89 Å². The summed E-state index contributed by atoms with van der Waals surface area (Å²) in [5.41, 5.74) is 13.7. The molecule has 3 heteroatoms. The standard InChI is InChI=1S/C46H30N2O/c1-3-11-30(12-4-1)34-16-9-18-37(28-34)48(42-20-10-17-36-27-35-15-7-8-19-39(35)43(36)42)38-25-23-31-21-22-32-24-26-41-45(44(32)40(31)29-38)49-46(47-41)33-13-5-2-6-14-33/h1-26,28-29H,27H2. The second-order valence-corrected chi connectivity index (χ2v) is 12.8. The fourth-order valence-electron chi connectivity index (χ4n) is 7.59. The van der Waals surface area contributed by atoms with Crippen molar-refractivity contribution in [3.05, 3.63) is 181 Å². The Morgan fingerprint density at radius 1 is 0.510 bits per heavy atom. The maximum atomic E-state index is 6.58. The monoisotopic (exact) mass is 626 g/mol. The van der Waals surface area contributed by atoms with E-state index in [-0.39, 0.29) is 0 Å². The van der Waals surface area contributed by atoms with Crippen molar-refractivity contribution in [2.45, 2.75) is 6.42 Å². The van der Waals surface area contributed by atoms with E-state index in [4.69, 9.17) is 9.40 Å². The molecule has 0 fully saturated rings. The molecule has 0 saturated carbocycles. The third kappa shape index (κ3) is 4.55. The highest BCUT2D eigenvalue weighted by Crippen LogP contribution is 2.48. The van der Waals surface area contributed by atoms with Crippen molar-refractivity contribution in [2.75, 3.05) is 4.90 Å². The van der Waals surface area contributed by atoms with Gasteiger partial charge in [-0.3, -0.25) is 0 Å². The summed E-state index contributed by atoms with van der Waals surface area (Å²) in [6, 6.07) is 60.6. The molecule has 49 heavy (non-hydrogen) atoms. The van der Waals surface area contributed by atoms with Gasteiger partial charge in [0.05, 0.1) is 5.69 Å². The van der Waals surface area contributed by atoms with Gasteiger partial charge in [0.1, 0.15) is 5.52 Å². The first-order valence-electron chi connectivity index (χ1n) is 16.8. The predicted octanol–water partition coefficient (Wildman–Crippen LogP) is 12.5. The molecule has 8 aromatic carbocycles. The van der Waals surface area contributed by atoms with Crippen LogP contribution in [0.5, 0.6) is 0 Å². The summed E-state index contributed by atoms with van der Waals surface area (Å²) < 4.78 is 6.58. The minimum atomic E-state index is 0.633. The topological polar surface area (TPSA) is 29.3 Å². The zero-order valence-corrected chi connectivity index (χ0v) is 26.7. The van der Waals surface area contributed by atoms with E-state index in [2.05, 4.69) is 144 Å². The quantitative estimate of drug-likeness (QED) is 0.178. The molecule has 0 radical (unpaired) electrons. The average molecular weight is 627 g/mol. The lowest BCUT2D eigenvalue weighted by Gasteiger charge is -2.29. The van der Waals surface area contributed by atoms with Gasteiger partial charge in [0.15, 0.2) is 5.58 Å². The van der Waals surface area contributed by atoms with Gasteiger partial charge in [0, 0.05) is 27.9 Å². The van der Waals surface area contributed by atoms with E-state index in [1.54, 1.807) is 0 Å². The van der Waals surface area contributed by atoms with E-state index in [1.165, 1.54) is 39.1 Å². The number of rotatable bonds is 5. The number of anilines is 3. The maximum Gasteiger partial charge on any atom is 0.227 e. The molecule has 1 aliphatic carbocycles. The van der Waals surface area contributed by atoms with Crippen LogP contribution < -0.4 is 4.90 Å². The molecular formula is C46H30N2O. The van der Waals surface area contributed by atoms with E-state index >= 15 is 0 Å². The van der Waals surface area contributed by atoms with Crippen LogP contribution in [-0.4, -0.2) is 4.98 Å². The van der Waals surface area contributed by atoms with Crippen molar-refractivity contribution in [1.29, 1.82) is 0 Å². The SMILES string of the molecule is c1ccc(-c2cccc(N(c3ccc4ccc5ccc6nc(-c7ccccc7)oc6c5c4c3)c3cccc4c3-c3ccccc3C4)c2)cc1. The van der Waals surface area contributed by atoms with Crippen LogP contribution in [0.15, 0.2) is 174 Å². The lowest BCUT2D eigenvalue weighted by atomic mass is 9.98. The Bertz CT molecular complexity index is 2690. The highest BCUT2D eigenvalue weighted by Gasteiger charge is 2.26. The number of nitrogens with zero attached hydrogens (tertiary/aromatic N) is 2. The van der Waals surface area contributed by atoms with Gasteiger partial charge in [0.25, 0.3) is 0 Å². The first kappa shape index (κ1) is 27.6. The van der Waals surface area contributed by atoms with Crippen molar-refractivity contribution in [1.82, 2.24) is 4.98 Å². The molecule has 1 aliphatic rings. The molecule has 230 valence electrons. The molecule has 0 unspecified atom stereocenters. The minimum absolute atomic E-state index is 0.633. The largest absolute Gasteiger partial charge is 0.435 e. The number of fused-ring (bicyclic) bond motifs is 8. The fraction of sp³-hybridized carbons (Fsp3) is 0.0217. The second-order valence-electron chi connectivity index (χ2n) is 12.8.